The molecule has 0 radical (unpaired) electrons. The zero-order valence-corrected chi connectivity index (χ0v) is 12.8. The van der Waals surface area contributed by atoms with Gasteiger partial charge in [0.25, 0.3) is 5.91 Å². The molecule has 1 N–H and O–H groups in total. The standard InChI is InChI=1S/C17H19FN4O/c18-14-7-3-4-8-15(14)21-17-19-11-13(12-20-17)16(23)22-9-5-1-2-6-10-22/h3-4,7-8,11-12H,1-2,5-6,9-10H2,(H,19,20,21). The monoisotopic (exact) mass is 314 g/mol. The lowest BCUT2D eigenvalue weighted by Gasteiger charge is -2.19. The lowest BCUT2D eigenvalue weighted by molar-refractivity contribution is 0.0761. The lowest BCUT2D eigenvalue weighted by atomic mass is 10.2. The number of amides is 1. The van der Waals surface area contributed by atoms with Crippen LogP contribution in [-0.2, 0) is 0 Å². The number of anilines is 2. The average molecular weight is 314 g/mol. The summed E-state index contributed by atoms with van der Waals surface area (Å²) in [4.78, 5) is 22.5. The summed E-state index contributed by atoms with van der Waals surface area (Å²) in [5.74, 6) is -0.146. The number of rotatable bonds is 3. The summed E-state index contributed by atoms with van der Waals surface area (Å²) >= 11 is 0. The van der Waals surface area contributed by atoms with Gasteiger partial charge in [0.05, 0.1) is 11.3 Å². The third-order valence-electron chi connectivity index (χ3n) is 3.91. The number of nitrogens with zero attached hydrogens (tertiary/aromatic N) is 3. The summed E-state index contributed by atoms with van der Waals surface area (Å²) in [6.45, 7) is 1.57. The molecule has 1 aliphatic heterocycles. The van der Waals surface area contributed by atoms with E-state index < -0.39 is 0 Å². The van der Waals surface area contributed by atoms with E-state index in [0.717, 1.165) is 25.9 Å². The SMILES string of the molecule is O=C(c1cnc(Nc2ccccc2F)nc1)N1CCCCCC1. The molecule has 120 valence electrons. The molecule has 6 heteroatoms. The number of carbonyl (C=O) groups excluding carboxylic acids is 1. The number of hydrogen-bond donors (Lipinski definition) is 1. The molecule has 0 unspecified atom stereocenters. The first-order valence-corrected chi connectivity index (χ1v) is 7.87. The molecule has 1 saturated heterocycles. The van der Waals surface area contributed by atoms with Crippen molar-refractivity contribution in [2.45, 2.75) is 25.7 Å². The molecule has 1 fully saturated rings. The molecule has 0 spiro atoms. The van der Waals surface area contributed by atoms with Crippen molar-refractivity contribution in [2.24, 2.45) is 0 Å². The predicted octanol–water partition coefficient (Wildman–Crippen LogP) is 3.38. The van der Waals surface area contributed by atoms with Gasteiger partial charge in [0.15, 0.2) is 0 Å². The van der Waals surface area contributed by atoms with Crippen LogP contribution in [0.1, 0.15) is 36.0 Å². The maximum atomic E-state index is 13.6. The maximum absolute atomic E-state index is 13.6. The van der Waals surface area contributed by atoms with E-state index >= 15 is 0 Å². The molecule has 1 aromatic heterocycles. The van der Waals surface area contributed by atoms with Crippen molar-refractivity contribution in [2.75, 3.05) is 18.4 Å². The highest BCUT2D eigenvalue weighted by Crippen LogP contribution is 2.17. The molecular weight excluding hydrogens is 295 g/mol. The van der Waals surface area contributed by atoms with Crippen LogP contribution in [-0.4, -0.2) is 33.9 Å². The van der Waals surface area contributed by atoms with Gasteiger partial charge in [-0.25, -0.2) is 14.4 Å². The van der Waals surface area contributed by atoms with E-state index in [-0.39, 0.29) is 17.7 Å². The molecule has 0 atom stereocenters. The van der Waals surface area contributed by atoms with Crippen LogP contribution in [0.5, 0.6) is 0 Å². The topological polar surface area (TPSA) is 58.1 Å². The second-order valence-corrected chi connectivity index (χ2v) is 5.61. The quantitative estimate of drug-likeness (QED) is 0.943. The van der Waals surface area contributed by atoms with Crippen molar-refractivity contribution in [1.29, 1.82) is 0 Å². The molecule has 3 rings (SSSR count). The van der Waals surface area contributed by atoms with Crippen LogP contribution in [0.2, 0.25) is 0 Å². The van der Waals surface area contributed by atoms with Gasteiger partial charge in [-0.05, 0) is 25.0 Å². The Hall–Kier alpha value is -2.50. The lowest BCUT2D eigenvalue weighted by Crippen LogP contribution is -2.32. The van der Waals surface area contributed by atoms with Gasteiger partial charge in [-0.15, -0.1) is 0 Å². The summed E-state index contributed by atoms with van der Waals surface area (Å²) < 4.78 is 13.6. The highest BCUT2D eigenvalue weighted by molar-refractivity contribution is 5.93. The van der Waals surface area contributed by atoms with Crippen molar-refractivity contribution < 1.29 is 9.18 Å². The van der Waals surface area contributed by atoms with Gasteiger partial charge >= 0.3 is 0 Å². The average Bonchev–Trinajstić information content (AvgIpc) is 2.86. The normalized spacial score (nSPS) is 15.1. The smallest absolute Gasteiger partial charge is 0.256 e. The van der Waals surface area contributed by atoms with E-state index in [9.17, 15) is 9.18 Å². The minimum Gasteiger partial charge on any atom is -0.339 e. The number of likely N-dealkylation sites (tertiary alicyclic amines) is 1. The van der Waals surface area contributed by atoms with Gasteiger partial charge in [0.1, 0.15) is 5.82 Å². The van der Waals surface area contributed by atoms with E-state index in [1.807, 2.05) is 4.90 Å². The molecule has 0 saturated carbocycles. The molecule has 0 aliphatic carbocycles. The van der Waals surface area contributed by atoms with Gasteiger partial charge < -0.3 is 10.2 Å². The molecule has 2 aromatic rings. The number of carbonyl (C=O) groups is 1. The number of aromatic nitrogens is 2. The summed E-state index contributed by atoms with van der Waals surface area (Å²) in [7, 11) is 0. The third-order valence-corrected chi connectivity index (χ3v) is 3.91. The molecular formula is C17H19FN4O. The minimum absolute atomic E-state index is 0.0376. The summed E-state index contributed by atoms with van der Waals surface area (Å²) in [6.07, 6.45) is 7.41. The molecule has 1 amide bonds. The molecule has 1 aromatic carbocycles. The number of benzene rings is 1. The molecule has 23 heavy (non-hydrogen) atoms. The Morgan fingerprint density at radius 1 is 1.04 bits per heavy atom. The van der Waals surface area contributed by atoms with Crippen molar-refractivity contribution in [3.63, 3.8) is 0 Å². The molecule has 0 bridgehead atoms. The Labute approximate surface area is 134 Å². The second-order valence-electron chi connectivity index (χ2n) is 5.61. The van der Waals surface area contributed by atoms with E-state index in [1.54, 1.807) is 18.2 Å². The van der Waals surface area contributed by atoms with Crippen molar-refractivity contribution in [1.82, 2.24) is 14.9 Å². The Balaban J connectivity index is 1.69. The van der Waals surface area contributed by atoms with Crippen LogP contribution in [0.25, 0.3) is 0 Å². The van der Waals surface area contributed by atoms with Crippen LogP contribution in [0.3, 0.4) is 0 Å². The number of para-hydroxylation sites is 1. The van der Waals surface area contributed by atoms with Crippen molar-refractivity contribution in [3.8, 4) is 0 Å². The minimum atomic E-state index is -0.374. The first-order chi connectivity index (χ1) is 11.2. The van der Waals surface area contributed by atoms with Gasteiger partial charge in [0.2, 0.25) is 5.95 Å². The molecule has 2 heterocycles. The van der Waals surface area contributed by atoms with Crippen LogP contribution < -0.4 is 5.32 Å². The predicted molar refractivity (Wildman–Crippen MR) is 86.1 cm³/mol. The van der Waals surface area contributed by atoms with E-state index in [2.05, 4.69) is 15.3 Å². The fourth-order valence-corrected chi connectivity index (χ4v) is 2.64. The van der Waals surface area contributed by atoms with Crippen LogP contribution in [0.15, 0.2) is 36.7 Å². The molecule has 1 aliphatic rings. The fourth-order valence-electron chi connectivity index (χ4n) is 2.64. The highest BCUT2D eigenvalue weighted by Gasteiger charge is 2.18. The summed E-state index contributed by atoms with van der Waals surface area (Å²) in [6, 6.07) is 6.31. The molecule has 5 nitrogen and oxygen atoms in total. The largest absolute Gasteiger partial charge is 0.339 e. The van der Waals surface area contributed by atoms with Gasteiger partial charge in [-0.3, -0.25) is 4.79 Å². The number of halogens is 1. The summed E-state index contributed by atoms with van der Waals surface area (Å²) in [5, 5.41) is 2.81. The van der Waals surface area contributed by atoms with Crippen molar-refractivity contribution in [3.05, 3.63) is 48.0 Å². The Morgan fingerprint density at radius 2 is 1.70 bits per heavy atom. The van der Waals surface area contributed by atoms with Gasteiger partial charge in [0, 0.05) is 25.5 Å². The fraction of sp³-hybridized carbons (Fsp3) is 0.353. The maximum Gasteiger partial charge on any atom is 0.256 e. The number of hydrogen-bond acceptors (Lipinski definition) is 4. The van der Waals surface area contributed by atoms with Gasteiger partial charge in [-0.2, -0.15) is 0 Å². The Kier molecular flexibility index (Phi) is 4.80. The zero-order chi connectivity index (χ0) is 16.1. The Morgan fingerprint density at radius 3 is 2.35 bits per heavy atom. The van der Waals surface area contributed by atoms with E-state index in [0.29, 0.717) is 11.3 Å². The second kappa shape index (κ2) is 7.17. The highest BCUT2D eigenvalue weighted by atomic mass is 19.1. The van der Waals surface area contributed by atoms with E-state index in [1.165, 1.54) is 31.3 Å². The zero-order valence-electron chi connectivity index (χ0n) is 12.8. The summed E-state index contributed by atoms with van der Waals surface area (Å²) in [5.41, 5.74) is 0.769. The van der Waals surface area contributed by atoms with E-state index in [4.69, 9.17) is 0 Å². The van der Waals surface area contributed by atoms with Crippen molar-refractivity contribution >= 4 is 17.5 Å². The van der Waals surface area contributed by atoms with Crippen LogP contribution in [0.4, 0.5) is 16.0 Å². The third kappa shape index (κ3) is 3.83. The van der Waals surface area contributed by atoms with Gasteiger partial charge in [-0.1, -0.05) is 25.0 Å². The Bertz CT molecular complexity index is 667. The first-order valence-electron chi connectivity index (χ1n) is 7.87. The number of nitrogens with one attached hydrogen (secondary N) is 1. The van der Waals surface area contributed by atoms with Crippen LogP contribution >= 0.6 is 0 Å². The van der Waals surface area contributed by atoms with Crippen LogP contribution in [0, 0.1) is 5.82 Å². The first kappa shape index (κ1) is 15.4.